The SMILES string of the molecule is CC(C)c1ccc2c(c1)c1cc(-c3ccc(-c4ccc5c(c4)c4ccccc4c4nccnc54)cc3)ccc1n2-c1ccccc1. The van der Waals surface area contributed by atoms with Gasteiger partial charge in [-0.1, -0.05) is 105 Å². The molecule has 0 unspecified atom stereocenters. The summed E-state index contributed by atoms with van der Waals surface area (Å²) in [6.07, 6.45) is 3.56. The van der Waals surface area contributed by atoms with Crippen LogP contribution in [-0.2, 0) is 0 Å². The number of para-hydroxylation sites is 1. The molecule has 0 saturated carbocycles. The second-order valence-electron chi connectivity index (χ2n) is 12.5. The van der Waals surface area contributed by atoms with Crippen molar-refractivity contribution in [2.24, 2.45) is 0 Å². The van der Waals surface area contributed by atoms with Crippen LogP contribution in [0.25, 0.3) is 82.3 Å². The van der Waals surface area contributed by atoms with Gasteiger partial charge < -0.3 is 4.57 Å². The molecule has 2 heterocycles. The lowest BCUT2D eigenvalue weighted by Crippen LogP contribution is -1.93. The molecule has 0 radical (unpaired) electrons. The van der Waals surface area contributed by atoms with Crippen molar-refractivity contribution in [1.82, 2.24) is 14.5 Å². The Morgan fingerprint density at radius 3 is 1.63 bits per heavy atom. The van der Waals surface area contributed by atoms with Crippen molar-refractivity contribution < 1.29 is 0 Å². The topological polar surface area (TPSA) is 30.7 Å². The molecule has 9 rings (SSSR count). The van der Waals surface area contributed by atoms with E-state index in [1.165, 1.54) is 66.1 Å². The third-order valence-corrected chi connectivity index (χ3v) is 9.47. The highest BCUT2D eigenvalue weighted by atomic mass is 15.0. The van der Waals surface area contributed by atoms with E-state index < -0.39 is 0 Å². The van der Waals surface area contributed by atoms with Crippen LogP contribution in [0.5, 0.6) is 0 Å². The molecule has 0 amide bonds. The molecular weight excluding hydrogens is 558 g/mol. The molecule has 7 aromatic carbocycles. The van der Waals surface area contributed by atoms with Gasteiger partial charge in [0.1, 0.15) is 0 Å². The molecule has 0 bridgehead atoms. The first-order chi connectivity index (χ1) is 22.6. The number of benzene rings is 7. The molecule has 9 aromatic rings. The van der Waals surface area contributed by atoms with Crippen LogP contribution in [-0.4, -0.2) is 14.5 Å². The molecule has 0 saturated heterocycles. The first-order valence-electron chi connectivity index (χ1n) is 15.9. The average molecular weight is 590 g/mol. The molecule has 0 aliphatic rings. The molecule has 218 valence electrons. The third kappa shape index (κ3) is 4.13. The summed E-state index contributed by atoms with van der Waals surface area (Å²) in [7, 11) is 0. The minimum atomic E-state index is 0.468. The fourth-order valence-corrected chi connectivity index (χ4v) is 7.10. The molecule has 0 N–H and O–H groups in total. The lowest BCUT2D eigenvalue weighted by Gasteiger charge is -2.11. The number of aromatic nitrogens is 3. The monoisotopic (exact) mass is 589 g/mol. The van der Waals surface area contributed by atoms with Crippen LogP contribution in [0.2, 0.25) is 0 Å². The number of fused-ring (bicyclic) bond motifs is 9. The molecule has 3 nitrogen and oxygen atoms in total. The Bertz CT molecular complexity index is 2560. The Morgan fingerprint density at radius 2 is 0.957 bits per heavy atom. The first-order valence-corrected chi connectivity index (χ1v) is 15.9. The molecule has 0 aliphatic heterocycles. The maximum Gasteiger partial charge on any atom is 0.0971 e. The van der Waals surface area contributed by atoms with Gasteiger partial charge in [-0.2, -0.15) is 0 Å². The minimum Gasteiger partial charge on any atom is -0.309 e. The highest BCUT2D eigenvalue weighted by Crippen LogP contribution is 2.38. The summed E-state index contributed by atoms with van der Waals surface area (Å²) in [5.41, 5.74) is 11.7. The van der Waals surface area contributed by atoms with Gasteiger partial charge in [-0.3, -0.25) is 9.97 Å². The fourth-order valence-electron chi connectivity index (χ4n) is 7.10. The molecule has 0 aliphatic carbocycles. The zero-order chi connectivity index (χ0) is 30.8. The summed E-state index contributed by atoms with van der Waals surface area (Å²) >= 11 is 0. The van der Waals surface area contributed by atoms with Crippen LogP contribution in [0.15, 0.2) is 146 Å². The van der Waals surface area contributed by atoms with Crippen LogP contribution in [0, 0.1) is 0 Å². The number of hydrogen-bond donors (Lipinski definition) is 0. The summed E-state index contributed by atoms with van der Waals surface area (Å²) in [6.45, 7) is 4.53. The van der Waals surface area contributed by atoms with Gasteiger partial charge in [0.25, 0.3) is 0 Å². The van der Waals surface area contributed by atoms with Gasteiger partial charge in [0.05, 0.1) is 22.1 Å². The van der Waals surface area contributed by atoms with Crippen LogP contribution in [0.4, 0.5) is 0 Å². The van der Waals surface area contributed by atoms with Crippen molar-refractivity contribution in [3.05, 3.63) is 151 Å². The zero-order valence-electron chi connectivity index (χ0n) is 25.8. The Hall–Kier alpha value is -5.80. The Balaban J connectivity index is 1.16. The van der Waals surface area contributed by atoms with Gasteiger partial charge in [0.2, 0.25) is 0 Å². The van der Waals surface area contributed by atoms with Gasteiger partial charge in [0, 0.05) is 39.6 Å². The van der Waals surface area contributed by atoms with Crippen molar-refractivity contribution in [3.8, 4) is 27.9 Å². The quantitative estimate of drug-likeness (QED) is 0.191. The zero-order valence-corrected chi connectivity index (χ0v) is 25.8. The highest BCUT2D eigenvalue weighted by Gasteiger charge is 2.15. The third-order valence-electron chi connectivity index (χ3n) is 9.47. The van der Waals surface area contributed by atoms with Gasteiger partial charge in [0.15, 0.2) is 0 Å². The van der Waals surface area contributed by atoms with Crippen LogP contribution in [0.3, 0.4) is 0 Å². The lowest BCUT2D eigenvalue weighted by atomic mass is 9.94. The largest absolute Gasteiger partial charge is 0.309 e. The van der Waals surface area contributed by atoms with Crippen molar-refractivity contribution in [2.45, 2.75) is 19.8 Å². The Morgan fingerprint density at radius 1 is 0.435 bits per heavy atom. The van der Waals surface area contributed by atoms with E-state index in [1.54, 1.807) is 12.4 Å². The molecule has 46 heavy (non-hydrogen) atoms. The van der Waals surface area contributed by atoms with E-state index in [0.29, 0.717) is 5.92 Å². The number of rotatable bonds is 4. The van der Waals surface area contributed by atoms with Crippen molar-refractivity contribution in [1.29, 1.82) is 0 Å². The van der Waals surface area contributed by atoms with E-state index in [-0.39, 0.29) is 0 Å². The molecule has 0 spiro atoms. The van der Waals surface area contributed by atoms with Crippen LogP contribution < -0.4 is 0 Å². The van der Waals surface area contributed by atoms with Crippen LogP contribution >= 0.6 is 0 Å². The lowest BCUT2D eigenvalue weighted by molar-refractivity contribution is 0.868. The van der Waals surface area contributed by atoms with Gasteiger partial charge >= 0.3 is 0 Å². The summed E-state index contributed by atoms with van der Waals surface area (Å²) < 4.78 is 2.39. The fraction of sp³-hybridized carbons (Fsp3) is 0.0698. The molecule has 3 heteroatoms. The smallest absolute Gasteiger partial charge is 0.0971 e. The summed E-state index contributed by atoms with van der Waals surface area (Å²) in [5.74, 6) is 0.468. The van der Waals surface area contributed by atoms with E-state index in [0.717, 1.165) is 21.8 Å². The summed E-state index contributed by atoms with van der Waals surface area (Å²) in [4.78, 5) is 9.39. The predicted octanol–water partition coefficient (Wildman–Crippen LogP) is 11.5. The van der Waals surface area contributed by atoms with E-state index in [1.807, 2.05) is 0 Å². The minimum absolute atomic E-state index is 0.468. The molecular formula is C43H31N3. The first kappa shape index (κ1) is 26.6. The van der Waals surface area contributed by atoms with Crippen molar-refractivity contribution in [2.75, 3.05) is 0 Å². The normalized spacial score (nSPS) is 11.9. The van der Waals surface area contributed by atoms with E-state index in [4.69, 9.17) is 4.98 Å². The second kappa shape index (κ2) is 10.4. The van der Waals surface area contributed by atoms with Crippen LogP contribution in [0.1, 0.15) is 25.3 Å². The molecule has 2 aromatic heterocycles. The predicted molar refractivity (Wildman–Crippen MR) is 194 cm³/mol. The van der Waals surface area contributed by atoms with E-state index in [2.05, 4.69) is 157 Å². The Kier molecular flexibility index (Phi) is 6.01. The van der Waals surface area contributed by atoms with E-state index in [9.17, 15) is 0 Å². The van der Waals surface area contributed by atoms with Crippen molar-refractivity contribution in [3.63, 3.8) is 0 Å². The van der Waals surface area contributed by atoms with Crippen molar-refractivity contribution >= 4 is 54.4 Å². The van der Waals surface area contributed by atoms with E-state index >= 15 is 0 Å². The maximum atomic E-state index is 4.72. The highest BCUT2D eigenvalue weighted by molar-refractivity contribution is 6.23. The van der Waals surface area contributed by atoms with Gasteiger partial charge in [-0.25, -0.2) is 0 Å². The summed E-state index contributed by atoms with van der Waals surface area (Å²) in [6, 6.07) is 48.7. The molecule has 0 atom stereocenters. The van der Waals surface area contributed by atoms with Gasteiger partial charge in [-0.15, -0.1) is 0 Å². The Labute approximate surface area is 267 Å². The average Bonchev–Trinajstić information content (AvgIpc) is 3.45. The maximum absolute atomic E-state index is 4.72. The summed E-state index contributed by atoms with van der Waals surface area (Å²) in [5, 5.41) is 7.24. The van der Waals surface area contributed by atoms with Gasteiger partial charge in [-0.05, 0) is 87.0 Å². The number of hydrogen-bond acceptors (Lipinski definition) is 2. The second-order valence-corrected chi connectivity index (χ2v) is 12.5. The molecule has 0 fully saturated rings. The number of nitrogens with zero attached hydrogens (tertiary/aromatic N) is 3. The standard InChI is InChI=1S/C43H31N3/c1-27(2)30-17-20-40-38(24-30)39-26-32(18-21-41(39)46(40)33-8-4-3-5-9-33)29-14-12-28(13-15-29)31-16-19-36-37(25-31)34-10-6-7-11-35(34)42-43(36)45-23-22-44-42/h3-27H,1-2H3.